The lowest BCUT2D eigenvalue weighted by Crippen LogP contribution is -2.35. The van der Waals surface area contributed by atoms with Crippen LogP contribution in [0.4, 0.5) is 13.9 Å². The molecular weight excluding hydrogens is 404 g/mol. The second-order valence-electron chi connectivity index (χ2n) is 5.80. The van der Waals surface area contributed by atoms with Crippen LogP contribution in [0.3, 0.4) is 0 Å². The highest BCUT2D eigenvalue weighted by Crippen LogP contribution is 2.33. The van der Waals surface area contributed by atoms with Crippen LogP contribution in [0.1, 0.15) is 12.2 Å². The monoisotopic (exact) mass is 421 g/mol. The first-order valence-electron chi connectivity index (χ1n) is 8.47. The number of halogens is 2. The smallest absolute Gasteiger partial charge is 0.320 e. The van der Waals surface area contributed by atoms with Gasteiger partial charge in [0.25, 0.3) is 5.91 Å². The quantitative estimate of drug-likeness (QED) is 0.583. The Labute approximate surface area is 168 Å². The van der Waals surface area contributed by atoms with E-state index in [1.54, 1.807) is 31.2 Å². The lowest BCUT2D eigenvalue weighted by Gasteiger charge is -2.07. The Morgan fingerprint density at radius 3 is 2.72 bits per heavy atom. The van der Waals surface area contributed by atoms with Gasteiger partial charge in [-0.2, -0.15) is 8.78 Å². The molecule has 0 spiro atoms. The van der Waals surface area contributed by atoms with Crippen LogP contribution in [-0.4, -0.2) is 39.5 Å². The molecule has 2 aromatic heterocycles. The van der Waals surface area contributed by atoms with E-state index in [0.717, 1.165) is 15.9 Å². The molecule has 11 heteroatoms. The maximum absolute atomic E-state index is 13.0. The zero-order valence-corrected chi connectivity index (χ0v) is 16.1. The summed E-state index contributed by atoms with van der Waals surface area (Å²) in [4.78, 5) is 32.3. The molecule has 0 saturated heterocycles. The number of hydrogen-bond acceptors (Lipinski definition) is 6. The summed E-state index contributed by atoms with van der Waals surface area (Å²) in [6.45, 7) is -1.61. The highest BCUT2D eigenvalue weighted by Gasteiger charge is 2.19. The SMILES string of the molecule is Cc1nc(NC(=O)CNC(=O)COc2ccccc2)sc1-c1nccn1C(F)F. The predicted octanol–water partition coefficient (Wildman–Crippen LogP) is 2.84. The number of thiazole rings is 1. The van der Waals surface area contributed by atoms with Crippen LogP contribution in [0.2, 0.25) is 0 Å². The topological polar surface area (TPSA) is 98.1 Å². The summed E-state index contributed by atoms with van der Waals surface area (Å²) in [5.74, 6) is -0.351. The van der Waals surface area contributed by atoms with Gasteiger partial charge in [-0.15, -0.1) is 0 Å². The van der Waals surface area contributed by atoms with Crippen molar-refractivity contribution in [3.8, 4) is 16.5 Å². The standard InChI is InChI=1S/C18H17F2N5O3S/c1-11-15(16-21-7-8-25(16)17(19)20)29-18(23-11)24-13(26)9-22-14(27)10-28-12-5-3-2-4-6-12/h2-8,17H,9-10H2,1H3,(H,22,27)(H,23,24,26). The first-order valence-corrected chi connectivity index (χ1v) is 9.29. The molecule has 2 N–H and O–H groups in total. The van der Waals surface area contributed by atoms with Gasteiger partial charge < -0.3 is 15.4 Å². The van der Waals surface area contributed by atoms with E-state index in [9.17, 15) is 18.4 Å². The van der Waals surface area contributed by atoms with Gasteiger partial charge in [0, 0.05) is 12.4 Å². The molecule has 29 heavy (non-hydrogen) atoms. The number of aryl methyl sites for hydroxylation is 1. The lowest BCUT2D eigenvalue weighted by molar-refractivity contribution is -0.125. The maximum Gasteiger partial charge on any atom is 0.320 e. The number of carbonyl (C=O) groups excluding carboxylic acids is 2. The van der Waals surface area contributed by atoms with Gasteiger partial charge in [0.2, 0.25) is 5.91 Å². The summed E-state index contributed by atoms with van der Waals surface area (Å²) >= 11 is 1.02. The molecule has 152 valence electrons. The second kappa shape index (κ2) is 9.24. The molecule has 0 saturated carbocycles. The van der Waals surface area contributed by atoms with Crippen LogP contribution < -0.4 is 15.4 Å². The molecule has 0 atom stereocenters. The van der Waals surface area contributed by atoms with Crippen molar-refractivity contribution in [2.75, 3.05) is 18.5 Å². The normalized spacial score (nSPS) is 10.8. The molecule has 3 rings (SSSR count). The number of nitrogens with zero attached hydrogens (tertiary/aromatic N) is 3. The highest BCUT2D eigenvalue weighted by atomic mass is 32.1. The van der Waals surface area contributed by atoms with E-state index >= 15 is 0 Å². The van der Waals surface area contributed by atoms with Crippen molar-refractivity contribution in [1.82, 2.24) is 19.9 Å². The Balaban J connectivity index is 1.52. The van der Waals surface area contributed by atoms with Gasteiger partial charge in [-0.1, -0.05) is 29.5 Å². The summed E-state index contributed by atoms with van der Waals surface area (Å²) in [6, 6.07) is 8.80. The maximum atomic E-state index is 13.0. The van der Waals surface area contributed by atoms with Crippen LogP contribution in [0.5, 0.6) is 5.75 Å². The van der Waals surface area contributed by atoms with Gasteiger partial charge in [-0.25, -0.2) is 9.97 Å². The average Bonchev–Trinajstić information content (AvgIpc) is 3.32. The van der Waals surface area contributed by atoms with E-state index in [1.165, 1.54) is 12.4 Å². The first-order chi connectivity index (χ1) is 13.9. The molecule has 1 aromatic carbocycles. The molecule has 0 fully saturated rings. The zero-order chi connectivity index (χ0) is 20.8. The van der Waals surface area contributed by atoms with Crippen molar-refractivity contribution < 1.29 is 23.1 Å². The van der Waals surface area contributed by atoms with Crippen molar-refractivity contribution in [2.24, 2.45) is 0 Å². The molecule has 0 aliphatic heterocycles. The molecule has 3 aromatic rings. The summed E-state index contributed by atoms with van der Waals surface area (Å²) in [6.07, 6.45) is 2.44. The van der Waals surface area contributed by atoms with E-state index in [-0.39, 0.29) is 24.1 Å². The minimum atomic E-state index is -2.74. The number of aromatic nitrogens is 3. The van der Waals surface area contributed by atoms with Crippen molar-refractivity contribution in [2.45, 2.75) is 13.5 Å². The fourth-order valence-corrected chi connectivity index (χ4v) is 3.35. The number of benzene rings is 1. The van der Waals surface area contributed by atoms with Gasteiger partial charge in [0.05, 0.1) is 17.1 Å². The van der Waals surface area contributed by atoms with Crippen LogP contribution in [-0.2, 0) is 9.59 Å². The summed E-state index contributed by atoms with van der Waals surface area (Å²) in [5, 5.41) is 5.19. The largest absolute Gasteiger partial charge is 0.484 e. The van der Waals surface area contributed by atoms with Gasteiger partial charge in [0.1, 0.15) is 5.75 Å². The molecule has 0 unspecified atom stereocenters. The molecule has 2 amide bonds. The number of ether oxygens (including phenoxy) is 1. The molecular formula is C18H17F2N5O3S. The zero-order valence-electron chi connectivity index (χ0n) is 15.3. The minimum absolute atomic E-state index is 0.0712. The van der Waals surface area contributed by atoms with Gasteiger partial charge in [-0.05, 0) is 19.1 Å². The van der Waals surface area contributed by atoms with Crippen molar-refractivity contribution in [1.29, 1.82) is 0 Å². The number of anilines is 1. The molecule has 2 heterocycles. The molecule has 0 radical (unpaired) electrons. The molecule has 8 nitrogen and oxygen atoms in total. The van der Waals surface area contributed by atoms with Crippen LogP contribution in [0.15, 0.2) is 42.7 Å². The van der Waals surface area contributed by atoms with Crippen LogP contribution >= 0.6 is 11.3 Å². The number of carbonyl (C=O) groups is 2. The third kappa shape index (κ3) is 5.35. The van der Waals surface area contributed by atoms with E-state index in [1.807, 2.05) is 6.07 Å². The second-order valence-corrected chi connectivity index (χ2v) is 6.80. The number of amides is 2. The summed E-state index contributed by atoms with van der Waals surface area (Å²) in [7, 11) is 0. The van der Waals surface area contributed by atoms with E-state index in [2.05, 4.69) is 20.6 Å². The van der Waals surface area contributed by atoms with Gasteiger partial charge in [-0.3, -0.25) is 14.2 Å². The Morgan fingerprint density at radius 2 is 2.00 bits per heavy atom. The fraction of sp³-hybridized carbons (Fsp3) is 0.222. The first kappa shape index (κ1) is 20.4. The van der Waals surface area contributed by atoms with Gasteiger partial charge in [0.15, 0.2) is 17.6 Å². The molecule has 0 aliphatic carbocycles. The van der Waals surface area contributed by atoms with Gasteiger partial charge >= 0.3 is 6.55 Å². The van der Waals surface area contributed by atoms with E-state index in [0.29, 0.717) is 16.3 Å². The number of imidazole rings is 1. The Morgan fingerprint density at radius 1 is 1.24 bits per heavy atom. The third-order valence-electron chi connectivity index (χ3n) is 3.68. The average molecular weight is 421 g/mol. The number of alkyl halides is 2. The van der Waals surface area contributed by atoms with Crippen molar-refractivity contribution in [3.05, 3.63) is 48.4 Å². The predicted molar refractivity (Wildman–Crippen MR) is 103 cm³/mol. The Kier molecular flexibility index (Phi) is 6.50. The lowest BCUT2D eigenvalue weighted by atomic mass is 10.3. The summed E-state index contributed by atoms with van der Waals surface area (Å²) in [5.41, 5.74) is 0.457. The number of rotatable bonds is 8. The van der Waals surface area contributed by atoms with Crippen LogP contribution in [0.25, 0.3) is 10.7 Å². The molecule has 0 aliphatic rings. The highest BCUT2D eigenvalue weighted by molar-refractivity contribution is 7.19. The minimum Gasteiger partial charge on any atom is -0.484 e. The number of hydrogen-bond donors (Lipinski definition) is 2. The van der Waals surface area contributed by atoms with E-state index < -0.39 is 18.4 Å². The molecule has 0 bridgehead atoms. The van der Waals surface area contributed by atoms with E-state index in [4.69, 9.17) is 4.74 Å². The fourth-order valence-electron chi connectivity index (χ4n) is 2.36. The van der Waals surface area contributed by atoms with Crippen molar-refractivity contribution >= 4 is 28.3 Å². The van der Waals surface area contributed by atoms with Crippen LogP contribution in [0, 0.1) is 6.92 Å². The number of para-hydroxylation sites is 1. The van der Waals surface area contributed by atoms with Crippen molar-refractivity contribution in [3.63, 3.8) is 0 Å². The Hall–Kier alpha value is -3.34. The Bertz CT molecular complexity index is 991. The summed E-state index contributed by atoms with van der Waals surface area (Å²) < 4.78 is 32.1. The third-order valence-corrected chi connectivity index (χ3v) is 4.75. The number of nitrogens with one attached hydrogen (secondary N) is 2.